The Balaban J connectivity index is 1.34. The molecule has 6 heteroatoms. The number of nitrogens with one attached hydrogen (secondary N) is 2. The molecule has 0 saturated carbocycles. The van der Waals surface area contributed by atoms with Crippen LogP contribution >= 0.6 is 11.8 Å². The van der Waals surface area contributed by atoms with Crippen LogP contribution in [-0.4, -0.2) is 27.5 Å². The molecule has 0 aliphatic carbocycles. The van der Waals surface area contributed by atoms with Gasteiger partial charge in [-0.3, -0.25) is 15.1 Å². The SMILES string of the molecule is O=C(c1c[nH]c2c(OCc3ccccc3)cccc12)C1CSC(c2cccnc2)N1. The molecular formula is C24H21N3O2S. The molecule has 5 rings (SSSR count). The highest BCUT2D eigenvalue weighted by molar-refractivity contribution is 7.99. The number of fused-ring (bicyclic) bond motifs is 1. The topological polar surface area (TPSA) is 67.0 Å². The third-order valence-corrected chi connectivity index (χ3v) is 6.53. The largest absolute Gasteiger partial charge is 0.487 e. The number of aromatic nitrogens is 2. The molecule has 2 atom stereocenters. The lowest BCUT2D eigenvalue weighted by Gasteiger charge is -2.12. The minimum Gasteiger partial charge on any atom is -0.487 e. The highest BCUT2D eigenvalue weighted by Crippen LogP contribution is 2.35. The van der Waals surface area contributed by atoms with Crippen molar-refractivity contribution in [2.24, 2.45) is 0 Å². The van der Waals surface area contributed by atoms with Crippen LogP contribution in [-0.2, 0) is 6.61 Å². The lowest BCUT2D eigenvalue weighted by molar-refractivity contribution is 0.0957. The van der Waals surface area contributed by atoms with Crippen LogP contribution in [0.15, 0.2) is 79.3 Å². The number of hydrogen-bond donors (Lipinski definition) is 2. The summed E-state index contributed by atoms with van der Waals surface area (Å²) in [7, 11) is 0. The van der Waals surface area contributed by atoms with Crippen molar-refractivity contribution in [3.05, 3.63) is 95.9 Å². The van der Waals surface area contributed by atoms with Gasteiger partial charge in [-0.1, -0.05) is 48.5 Å². The Morgan fingerprint density at radius 2 is 2.00 bits per heavy atom. The molecule has 2 aromatic heterocycles. The lowest BCUT2D eigenvalue weighted by Crippen LogP contribution is -2.34. The fourth-order valence-corrected chi connectivity index (χ4v) is 4.94. The fourth-order valence-electron chi connectivity index (χ4n) is 3.72. The molecule has 5 nitrogen and oxygen atoms in total. The van der Waals surface area contributed by atoms with Gasteiger partial charge < -0.3 is 9.72 Å². The summed E-state index contributed by atoms with van der Waals surface area (Å²) in [4.78, 5) is 20.7. The van der Waals surface area contributed by atoms with Crippen molar-refractivity contribution in [3.8, 4) is 5.75 Å². The Morgan fingerprint density at radius 3 is 2.83 bits per heavy atom. The van der Waals surface area contributed by atoms with Gasteiger partial charge in [0.15, 0.2) is 5.78 Å². The normalized spacial score (nSPS) is 18.5. The summed E-state index contributed by atoms with van der Waals surface area (Å²) in [5, 5.41) is 4.43. The van der Waals surface area contributed by atoms with Crippen molar-refractivity contribution < 1.29 is 9.53 Å². The molecule has 0 spiro atoms. The van der Waals surface area contributed by atoms with E-state index in [4.69, 9.17) is 4.74 Å². The molecule has 2 unspecified atom stereocenters. The lowest BCUT2D eigenvalue weighted by atomic mass is 10.0. The van der Waals surface area contributed by atoms with E-state index < -0.39 is 0 Å². The summed E-state index contributed by atoms with van der Waals surface area (Å²) in [6.45, 7) is 0.482. The first-order valence-electron chi connectivity index (χ1n) is 9.88. The van der Waals surface area contributed by atoms with Gasteiger partial charge >= 0.3 is 0 Å². The van der Waals surface area contributed by atoms with Gasteiger partial charge in [0.05, 0.1) is 16.9 Å². The van der Waals surface area contributed by atoms with Crippen molar-refractivity contribution in [1.29, 1.82) is 0 Å². The number of benzene rings is 2. The molecule has 1 aliphatic rings. The van der Waals surface area contributed by atoms with Gasteiger partial charge in [-0.15, -0.1) is 11.8 Å². The quantitative estimate of drug-likeness (QED) is 0.446. The number of ether oxygens (including phenoxy) is 1. The molecule has 2 aromatic carbocycles. The van der Waals surface area contributed by atoms with Crippen molar-refractivity contribution in [1.82, 2.24) is 15.3 Å². The van der Waals surface area contributed by atoms with E-state index in [0.717, 1.165) is 33.5 Å². The van der Waals surface area contributed by atoms with Crippen LogP contribution in [0.3, 0.4) is 0 Å². The van der Waals surface area contributed by atoms with Crippen LogP contribution in [0.25, 0.3) is 10.9 Å². The first kappa shape index (κ1) is 18.9. The molecule has 150 valence electrons. The van der Waals surface area contributed by atoms with Crippen LogP contribution in [0.4, 0.5) is 0 Å². The van der Waals surface area contributed by atoms with Crippen LogP contribution < -0.4 is 10.1 Å². The van der Waals surface area contributed by atoms with Gasteiger partial charge in [-0.2, -0.15) is 0 Å². The number of H-pyrrole nitrogens is 1. The van der Waals surface area contributed by atoms with E-state index >= 15 is 0 Å². The summed E-state index contributed by atoms with van der Waals surface area (Å²) >= 11 is 1.74. The first-order chi connectivity index (χ1) is 14.8. The molecule has 0 amide bonds. The van der Waals surface area contributed by atoms with Crippen molar-refractivity contribution >= 4 is 28.4 Å². The number of thioether (sulfide) groups is 1. The van der Waals surface area contributed by atoms with Crippen LogP contribution in [0.1, 0.15) is 26.9 Å². The Bertz CT molecular complexity index is 1160. The number of rotatable bonds is 6. The summed E-state index contributed by atoms with van der Waals surface area (Å²) in [5.74, 6) is 1.58. The molecule has 3 heterocycles. The molecule has 0 bridgehead atoms. The smallest absolute Gasteiger partial charge is 0.182 e. The number of para-hydroxylation sites is 1. The van der Waals surface area contributed by atoms with E-state index in [0.29, 0.717) is 12.2 Å². The van der Waals surface area contributed by atoms with E-state index in [-0.39, 0.29) is 17.2 Å². The fraction of sp³-hybridized carbons (Fsp3) is 0.167. The Hall–Kier alpha value is -3.09. The summed E-state index contributed by atoms with van der Waals surface area (Å²) in [5.41, 5.74) is 3.74. The average molecular weight is 416 g/mol. The number of nitrogens with zero attached hydrogens (tertiary/aromatic N) is 1. The average Bonchev–Trinajstić information content (AvgIpc) is 3.47. The second-order valence-corrected chi connectivity index (χ2v) is 8.38. The van der Waals surface area contributed by atoms with Crippen LogP contribution in [0, 0.1) is 0 Å². The maximum Gasteiger partial charge on any atom is 0.182 e. The number of ketones is 1. The molecule has 2 N–H and O–H groups in total. The van der Waals surface area contributed by atoms with E-state index in [2.05, 4.69) is 15.3 Å². The second kappa shape index (κ2) is 8.34. The van der Waals surface area contributed by atoms with E-state index in [1.807, 2.05) is 66.9 Å². The van der Waals surface area contributed by atoms with Crippen molar-refractivity contribution in [2.45, 2.75) is 18.0 Å². The molecule has 4 aromatic rings. The van der Waals surface area contributed by atoms with Crippen molar-refractivity contribution in [3.63, 3.8) is 0 Å². The highest BCUT2D eigenvalue weighted by Gasteiger charge is 2.32. The summed E-state index contributed by atoms with van der Waals surface area (Å²) in [6.07, 6.45) is 5.40. The van der Waals surface area contributed by atoms with Gasteiger partial charge in [0.2, 0.25) is 0 Å². The van der Waals surface area contributed by atoms with Gasteiger partial charge in [0.1, 0.15) is 12.4 Å². The number of carbonyl (C=O) groups is 1. The maximum absolute atomic E-state index is 13.2. The van der Waals surface area contributed by atoms with E-state index in [1.54, 1.807) is 24.2 Å². The third kappa shape index (κ3) is 3.72. The van der Waals surface area contributed by atoms with Crippen molar-refractivity contribution in [2.75, 3.05) is 5.75 Å². The molecule has 1 saturated heterocycles. The zero-order chi connectivity index (χ0) is 20.3. The third-order valence-electron chi connectivity index (χ3n) is 5.27. The molecule has 0 radical (unpaired) electrons. The van der Waals surface area contributed by atoms with Gasteiger partial charge in [-0.05, 0) is 23.3 Å². The summed E-state index contributed by atoms with van der Waals surface area (Å²) < 4.78 is 6.03. The zero-order valence-corrected chi connectivity index (χ0v) is 17.1. The molecule has 1 fully saturated rings. The monoisotopic (exact) mass is 415 g/mol. The van der Waals surface area contributed by atoms with Gasteiger partial charge in [0, 0.05) is 35.3 Å². The second-order valence-electron chi connectivity index (χ2n) is 7.24. The number of Topliss-reactive ketones (excluding diaryl/α,β-unsaturated/α-hetero) is 1. The first-order valence-corrected chi connectivity index (χ1v) is 10.9. The number of aromatic amines is 1. The molecule has 1 aliphatic heterocycles. The van der Waals surface area contributed by atoms with Gasteiger partial charge in [-0.25, -0.2) is 0 Å². The molecule has 30 heavy (non-hydrogen) atoms. The Kier molecular flexibility index (Phi) is 5.26. The standard InChI is InChI=1S/C24H21N3O2S/c28-23(20-15-30-24(27-20)17-8-5-11-25-12-17)19-13-26-22-18(19)9-4-10-21(22)29-14-16-6-2-1-3-7-16/h1-13,20,24,26-27H,14-15H2. The number of hydrogen-bond acceptors (Lipinski definition) is 5. The van der Waals surface area contributed by atoms with E-state index in [1.165, 1.54) is 0 Å². The predicted octanol–water partition coefficient (Wildman–Crippen LogP) is 4.73. The Labute approximate surface area is 178 Å². The predicted molar refractivity (Wildman–Crippen MR) is 120 cm³/mol. The van der Waals surface area contributed by atoms with Gasteiger partial charge in [0.25, 0.3) is 0 Å². The summed E-state index contributed by atoms with van der Waals surface area (Å²) in [6, 6.07) is 19.6. The number of pyridine rings is 1. The Morgan fingerprint density at radius 1 is 1.10 bits per heavy atom. The minimum atomic E-state index is -0.229. The maximum atomic E-state index is 13.2. The van der Waals surface area contributed by atoms with Crippen LogP contribution in [0.5, 0.6) is 5.75 Å². The van der Waals surface area contributed by atoms with E-state index in [9.17, 15) is 4.79 Å². The molecular weight excluding hydrogens is 394 g/mol. The zero-order valence-electron chi connectivity index (χ0n) is 16.2. The number of carbonyl (C=O) groups excluding carboxylic acids is 1. The minimum absolute atomic E-state index is 0.0858. The van der Waals surface area contributed by atoms with Crippen LogP contribution in [0.2, 0.25) is 0 Å². The highest BCUT2D eigenvalue weighted by atomic mass is 32.2.